The Kier molecular flexibility index (Phi) is 6.93. The average molecular weight is 169 g/mol. The van der Waals surface area contributed by atoms with Crippen LogP contribution >= 0.6 is 0 Å². The lowest BCUT2D eigenvalue weighted by Crippen LogP contribution is -2.24. The van der Waals surface area contributed by atoms with E-state index in [1.807, 2.05) is 0 Å². The maximum atomic E-state index is 2.50. The summed E-state index contributed by atoms with van der Waals surface area (Å²) >= 11 is 0. The van der Waals surface area contributed by atoms with E-state index in [0.717, 1.165) is 6.42 Å². The molecule has 0 unspecified atom stereocenters. The maximum Gasteiger partial charge on any atom is 0.0172 e. The zero-order valence-electron chi connectivity index (χ0n) is 9.06. The zero-order chi connectivity index (χ0) is 9.40. The van der Waals surface area contributed by atoms with Crippen molar-refractivity contribution in [3.63, 3.8) is 0 Å². The van der Waals surface area contributed by atoms with Crippen molar-refractivity contribution in [2.75, 3.05) is 13.1 Å². The van der Waals surface area contributed by atoms with Gasteiger partial charge in [-0.15, -0.1) is 0 Å². The minimum Gasteiger partial charge on any atom is -0.375 e. The number of allylic oxidation sites excluding steroid dienone is 2. The smallest absolute Gasteiger partial charge is 0.0172 e. The third-order valence-electron chi connectivity index (χ3n) is 2.09. The van der Waals surface area contributed by atoms with E-state index in [1.165, 1.54) is 31.6 Å². The molecule has 0 amide bonds. The summed E-state index contributed by atoms with van der Waals surface area (Å²) in [7, 11) is 0. The highest BCUT2D eigenvalue weighted by Crippen LogP contribution is 2.09. The van der Waals surface area contributed by atoms with Crippen LogP contribution in [0.1, 0.15) is 47.0 Å². The van der Waals surface area contributed by atoms with Crippen LogP contribution in [0, 0.1) is 0 Å². The quantitative estimate of drug-likeness (QED) is 0.589. The molecule has 0 N–H and O–H groups in total. The van der Waals surface area contributed by atoms with Crippen molar-refractivity contribution in [2.45, 2.75) is 47.0 Å². The van der Waals surface area contributed by atoms with E-state index >= 15 is 0 Å². The molecule has 72 valence electrons. The lowest BCUT2D eigenvalue weighted by atomic mass is 10.2. The van der Waals surface area contributed by atoms with E-state index in [4.69, 9.17) is 0 Å². The van der Waals surface area contributed by atoms with Crippen molar-refractivity contribution in [1.82, 2.24) is 4.90 Å². The third-order valence-corrected chi connectivity index (χ3v) is 2.09. The van der Waals surface area contributed by atoms with Gasteiger partial charge >= 0.3 is 0 Å². The summed E-state index contributed by atoms with van der Waals surface area (Å²) in [4.78, 5) is 2.50. The fraction of sp³-hybridized carbons (Fsp3) is 0.818. The average Bonchev–Trinajstić information content (AvgIpc) is 2.07. The summed E-state index contributed by atoms with van der Waals surface area (Å²) in [5.74, 6) is 0. The fourth-order valence-electron chi connectivity index (χ4n) is 1.55. The van der Waals surface area contributed by atoms with Gasteiger partial charge in [0.15, 0.2) is 0 Å². The monoisotopic (exact) mass is 169 g/mol. The molecule has 0 saturated carbocycles. The number of hydrogen-bond donors (Lipinski definition) is 0. The van der Waals surface area contributed by atoms with Crippen molar-refractivity contribution in [3.8, 4) is 0 Å². The molecule has 0 radical (unpaired) electrons. The highest BCUT2D eigenvalue weighted by Gasteiger charge is 2.03. The van der Waals surface area contributed by atoms with Crippen LogP contribution in [0.5, 0.6) is 0 Å². The first-order valence-electron chi connectivity index (χ1n) is 5.20. The summed E-state index contributed by atoms with van der Waals surface area (Å²) < 4.78 is 0. The van der Waals surface area contributed by atoms with Crippen LogP contribution in [0.15, 0.2) is 11.8 Å². The summed E-state index contributed by atoms with van der Waals surface area (Å²) in [6, 6.07) is 0. The van der Waals surface area contributed by atoms with Crippen LogP contribution in [0.25, 0.3) is 0 Å². The molecule has 0 aliphatic heterocycles. The molecule has 12 heavy (non-hydrogen) atoms. The molecular weight excluding hydrogens is 146 g/mol. The lowest BCUT2D eigenvalue weighted by Gasteiger charge is -2.25. The molecule has 0 aliphatic rings. The van der Waals surface area contributed by atoms with Crippen molar-refractivity contribution in [1.29, 1.82) is 0 Å². The van der Waals surface area contributed by atoms with Crippen molar-refractivity contribution < 1.29 is 0 Å². The minimum atomic E-state index is 1.16. The van der Waals surface area contributed by atoms with Gasteiger partial charge in [-0.3, -0.25) is 0 Å². The van der Waals surface area contributed by atoms with Gasteiger partial charge in [0.1, 0.15) is 0 Å². The standard InChI is InChI=1S/C11H23N/c1-5-9-12(10-6-2)11(7-3)8-4/h7H,5-6,8-10H2,1-4H3. The molecule has 0 saturated heterocycles. The molecule has 0 aromatic heterocycles. The Balaban J connectivity index is 4.06. The van der Waals surface area contributed by atoms with Gasteiger partial charge in [0.05, 0.1) is 0 Å². The fourth-order valence-corrected chi connectivity index (χ4v) is 1.55. The van der Waals surface area contributed by atoms with E-state index in [-0.39, 0.29) is 0 Å². The van der Waals surface area contributed by atoms with Crippen molar-refractivity contribution >= 4 is 0 Å². The van der Waals surface area contributed by atoms with Gasteiger partial charge in [0.2, 0.25) is 0 Å². The lowest BCUT2D eigenvalue weighted by molar-refractivity contribution is 0.335. The minimum absolute atomic E-state index is 1.16. The Morgan fingerprint density at radius 2 is 1.58 bits per heavy atom. The second-order valence-electron chi connectivity index (χ2n) is 3.12. The molecule has 1 heteroatoms. The van der Waals surface area contributed by atoms with Crippen LogP contribution < -0.4 is 0 Å². The Morgan fingerprint density at radius 1 is 1.08 bits per heavy atom. The predicted molar refractivity (Wildman–Crippen MR) is 56.2 cm³/mol. The second kappa shape index (κ2) is 7.20. The van der Waals surface area contributed by atoms with Gasteiger partial charge in [-0.1, -0.05) is 26.8 Å². The summed E-state index contributed by atoms with van der Waals surface area (Å²) in [5, 5.41) is 0. The van der Waals surface area contributed by atoms with Crippen LogP contribution in [-0.2, 0) is 0 Å². The van der Waals surface area contributed by atoms with E-state index in [2.05, 4.69) is 38.7 Å². The van der Waals surface area contributed by atoms with Gasteiger partial charge in [-0.05, 0) is 26.2 Å². The molecule has 0 aliphatic carbocycles. The Hall–Kier alpha value is -0.460. The first-order chi connectivity index (χ1) is 5.79. The van der Waals surface area contributed by atoms with Crippen molar-refractivity contribution in [3.05, 3.63) is 11.8 Å². The Labute approximate surface area is 77.5 Å². The van der Waals surface area contributed by atoms with Gasteiger partial charge < -0.3 is 4.90 Å². The molecule has 0 rings (SSSR count). The predicted octanol–water partition coefficient (Wildman–Crippen LogP) is 3.42. The first kappa shape index (κ1) is 11.5. The van der Waals surface area contributed by atoms with Gasteiger partial charge in [0, 0.05) is 18.8 Å². The molecule has 0 heterocycles. The molecule has 0 spiro atoms. The molecule has 0 fully saturated rings. The second-order valence-corrected chi connectivity index (χ2v) is 3.12. The molecule has 0 aromatic carbocycles. The summed E-state index contributed by atoms with van der Waals surface area (Å²) in [5.41, 5.74) is 1.50. The topological polar surface area (TPSA) is 3.24 Å². The summed E-state index contributed by atoms with van der Waals surface area (Å²) in [6.07, 6.45) is 5.90. The largest absolute Gasteiger partial charge is 0.375 e. The SMILES string of the molecule is CC=C(CC)N(CCC)CCC. The number of nitrogens with zero attached hydrogens (tertiary/aromatic N) is 1. The summed E-state index contributed by atoms with van der Waals surface area (Å²) in [6.45, 7) is 11.3. The van der Waals surface area contributed by atoms with Gasteiger partial charge in [-0.25, -0.2) is 0 Å². The molecule has 0 bridgehead atoms. The molecule has 0 aromatic rings. The van der Waals surface area contributed by atoms with E-state index < -0.39 is 0 Å². The zero-order valence-corrected chi connectivity index (χ0v) is 9.06. The Morgan fingerprint density at radius 3 is 1.83 bits per heavy atom. The number of hydrogen-bond acceptors (Lipinski definition) is 1. The highest BCUT2D eigenvalue weighted by atomic mass is 15.1. The highest BCUT2D eigenvalue weighted by molar-refractivity contribution is 4.98. The maximum absolute atomic E-state index is 2.50. The van der Waals surface area contributed by atoms with E-state index in [1.54, 1.807) is 0 Å². The third kappa shape index (κ3) is 3.80. The van der Waals surface area contributed by atoms with Crippen LogP contribution in [0.4, 0.5) is 0 Å². The van der Waals surface area contributed by atoms with Crippen molar-refractivity contribution in [2.24, 2.45) is 0 Å². The van der Waals surface area contributed by atoms with E-state index in [0.29, 0.717) is 0 Å². The first-order valence-corrected chi connectivity index (χ1v) is 5.20. The van der Waals surface area contributed by atoms with E-state index in [9.17, 15) is 0 Å². The molecule has 1 nitrogen and oxygen atoms in total. The van der Waals surface area contributed by atoms with Crippen LogP contribution in [0.2, 0.25) is 0 Å². The Bertz CT molecular complexity index is 121. The van der Waals surface area contributed by atoms with Crippen LogP contribution in [-0.4, -0.2) is 18.0 Å². The van der Waals surface area contributed by atoms with Gasteiger partial charge in [0.25, 0.3) is 0 Å². The van der Waals surface area contributed by atoms with Crippen LogP contribution in [0.3, 0.4) is 0 Å². The number of rotatable bonds is 6. The van der Waals surface area contributed by atoms with Gasteiger partial charge in [-0.2, -0.15) is 0 Å². The molecular formula is C11H23N. The normalized spacial score (nSPS) is 11.8. The molecule has 0 atom stereocenters.